The van der Waals surface area contributed by atoms with E-state index in [2.05, 4.69) is 26.1 Å². The van der Waals surface area contributed by atoms with E-state index in [0.29, 0.717) is 5.92 Å². The molecule has 0 aromatic carbocycles. The van der Waals surface area contributed by atoms with E-state index in [0.717, 1.165) is 25.8 Å². The third kappa shape index (κ3) is 6.50. The zero-order chi connectivity index (χ0) is 11.8. The summed E-state index contributed by atoms with van der Waals surface area (Å²) in [5, 5.41) is 2.89. The van der Waals surface area contributed by atoms with E-state index in [-0.39, 0.29) is 17.9 Å². The first-order valence-electron chi connectivity index (χ1n) is 6.02. The van der Waals surface area contributed by atoms with E-state index < -0.39 is 0 Å². The molecule has 0 bridgehead atoms. The standard InChI is InChI=1S/C12H26N2O/c1-5-10(4)11(13)12(15)14-8-6-7-9(2)3/h9-11H,5-8,13H2,1-4H3,(H,14,15)/t10-,11-/m0/s1. The maximum Gasteiger partial charge on any atom is 0.237 e. The van der Waals surface area contributed by atoms with Crippen LogP contribution in [-0.4, -0.2) is 18.5 Å². The molecule has 0 aliphatic rings. The summed E-state index contributed by atoms with van der Waals surface area (Å²) in [7, 11) is 0. The van der Waals surface area contributed by atoms with Gasteiger partial charge >= 0.3 is 0 Å². The largest absolute Gasteiger partial charge is 0.355 e. The summed E-state index contributed by atoms with van der Waals surface area (Å²) in [5.74, 6) is 0.952. The first-order chi connectivity index (χ1) is 6.99. The van der Waals surface area contributed by atoms with E-state index >= 15 is 0 Å². The Morgan fingerprint density at radius 2 is 1.93 bits per heavy atom. The molecule has 0 saturated carbocycles. The number of rotatable bonds is 7. The predicted octanol–water partition coefficient (Wildman–Crippen LogP) is 1.91. The molecule has 0 rings (SSSR count). The van der Waals surface area contributed by atoms with Crippen LogP contribution in [0.3, 0.4) is 0 Å². The lowest BCUT2D eigenvalue weighted by molar-refractivity contribution is -0.123. The van der Waals surface area contributed by atoms with Crippen LogP contribution in [0.1, 0.15) is 47.0 Å². The summed E-state index contributed by atoms with van der Waals surface area (Å²) in [5.41, 5.74) is 5.80. The van der Waals surface area contributed by atoms with Crippen molar-refractivity contribution in [2.75, 3.05) is 6.54 Å². The SMILES string of the molecule is CC[C@H](C)[C@H](N)C(=O)NCCCC(C)C. The lowest BCUT2D eigenvalue weighted by Crippen LogP contribution is -2.44. The van der Waals surface area contributed by atoms with Gasteiger partial charge in [0.25, 0.3) is 0 Å². The monoisotopic (exact) mass is 214 g/mol. The molecule has 90 valence electrons. The van der Waals surface area contributed by atoms with Crippen LogP contribution in [0.15, 0.2) is 0 Å². The smallest absolute Gasteiger partial charge is 0.237 e. The molecule has 0 saturated heterocycles. The summed E-state index contributed by atoms with van der Waals surface area (Å²) in [6.45, 7) is 9.19. The molecule has 0 fully saturated rings. The molecule has 0 aromatic heterocycles. The molecule has 15 heavy (non-hydrogen) atoms. The number of carbonyl (C=O) groups excluding carboxylic acids is 1. The van der Waals surface area contributed by atoms with Crippen molar-refractivity contribution in [1.82, 2.24) is 5.32 Å². The Bertz CT molecular complexity index is 180. The van der Waals surface area contributed by atoms with Gasteiger partial charge in [-0.05, 0) is 24.7 Å². The third-order valence-electron chi connectivity index (χ3n) is 2.82. The van der Waals surface area contributed by atoms with Gasteiger partial charge in [0, 0.05) is 6.54 Å². The van der Waals surface area contributed by atoms with Crippen LogP contribution in [0.25, 0.3) is 0 Å². The van der Waals surface area contributed by atoms with Crippen molar-refractivity contribution in [3.8, 4) is 0 Å². The van der Waals surface area contributed by atoms with Crippen molar-refractivity contribution in [2.45, 2.75) is 53.0 Å². The van der Waals surface area contributed by atoms with Crippen LogP contribution < -0.4 is 11.1 Å². The molecular formula is C12H26N2O. The quantitative estimate of drug-likeness (QED) is 0.636. The average Bonchev–Trinajstić information content (AvgIpc) is 2.21. The highest BCUT2D eigenvalue weighted by Crippen LogP contribution is 2.05. The van der Waals surface area contributed by atoms with Crippen molar-refractivity contribution in [1.29, 1.82) is 0 Å². The maximum atomic E-state index is 11.6. The highest BCUT2D eigenvalue weighted by atomic mass is 16.2. The fourth-order valence-electron chi connectivity index (χ4n) is 1.35. The first-order valence-corrected chi connectivity index (χ1v) is 6.02. The fraction of sp³-hybridized carbons (Fsp3) is 0.917. The summed E-state index contributed by atoms with van der Waals surface area (Å²) < 4.78 is 0. The molecule has 0 aliphatic heterocycles. The Kier molecular flexibility index (Phi) is 7.39. The van der Waals surface area contributed by atoms with E-state index in [1.807, 2.05) is 6.92 Å². The fourth-order valence-corrected chi connectivity index (χ4v) is 1.35. The van der Waals surface area contributed by atoms with Crippen LogP contribution in [0.4, 0.5) is 0 Å². The number of amides is 1. The Morgan fingerprint density at radius 3 is 2.40 bits per heavy atom. The van der Waals surface area contributed by atoms with E-state index in [9.17, 15) is 4.79 Å². The van der Waals surface area contributed by atoms with Gasteiger partial charge in [-0.2, -0.15) is 0 Å². The second kappa shape index (κ2) is 7.69. The Balaban J connectivity index is 3.65. The van der Waals surface area contributed by atoms with Crippen molar-refractivity contribution >= 4 is 5.91 Å². The van der Waals surface area contributed by atoms with Crippen LogP contribution in [0.5, 0.6) is 0 Å². The summed E-state index contributed by atoms with van der Waals surface area (Å²) in [4.78, 5) is 11.6. The van der Waals surface area contributed by atoms with Gasteiger partial charge < -0.3 is 11.1 Å². The third-order valence-corrected chi connectivity index (χ3v) is 2.82. The summed E-state index contributed by atoms with van der Waals surface area (Å²) in [6.07, 6.45) is 3.13. The zero-order valence-corrected chi connectivity index (χ0v) is 10.5. The number of hydrogen-bond donors (Lipinski definition) is 2. The van der Waals surface area contributed by atoms with Crippen LogP contribution in [0, 0.1) is 11.8 Å². The summed E-state index contributed by atoms with van der Waals surface area (Å²) >= 11 is 0. The van der Waals surface area contributed by atoms with Crippen LogP contribution in [0.2, 0.25) is 0 Å². The molecule has 0 spiro atoms. The Hall–Kier alpha value is -0.570. The summed E-state index contributed by atoms with van der Waals surface area (Å²) in [6, 6.07) is -0.353. The molecule has 3 nitrogen and oxygen atoms in total. The molecule has 0 radical (unpaired) electrons. The molecule has 0 unspecified atom stereocenters. The Labute approximate surface area is 93.8 Å². The molecule has 3 heteroatoms. The second-order valence-electron chi connectivity index (χ2n) is 4.74. The van der Waals surface area contributed by atoms with E-state index in [1.165, 1.54) is 0 Å². The molecular weight excluding hydrogens is 188 g/mol. The average molecular weight is 214 g/mol. The van der Waals surface area contributed by atoms with Gasteiger partial charge in [-0.15, -0.1) is 0 Å². The van der Waals surface area contributed by atoms with Crippen molar-refractivity contribution in [3.05, 3.63) is 0 Å². The molecule has 3 N–H and O–H groups in total. The predicted molar refractivity (Wildman–Crippen MR) is 64.5 cm³/mol. The minimum Gasteiger partial charge on any atom is -0.355 e. The lowest BCUT2D eigenvalue weighted by Gasteiger charge is -2.17. The first kappa shape index (κ1) is 14.4. The zero-order valence-electron chi connectivity index (χ0n) is 10.5. The maximum absolute atomic E-state index is 11.6. The van der Waals surface area contributed by atoms with Gasteiger partial charge in [-0.3, -0.25) is 4.79 Å². The van der Waals surface area contributed by atoms with Gasteiger partial charge in [-0.25, -0.2) is 0 Å². The minimum atomic E-state index is -0.353. The van der Waals surface area contributed by atoms with Crippen LogP contribution in [-0.2, 0) is 4.79 Å². The number of nitrogens with one attached hydrogen (secondary N) is 1. The van der Waals surface area contributed by atoms with Gasteiger partial charge in [0.15, 0.2) is 0 Å². The Morgan fingerprint density at radius 1 is 1.33 bits per heavy atom. The topological polar surface area (TPSA) is 55.1 Å². The van der Waals surface area contributed by atoms with Gasteiger partial charge in [0.2, 0.25) is 5.91 Å². The molecule has 0 aromatic rings. The molecule has 0 aliphatic carbocycles. The number of hydrogen-bond acceptors (Lipinski definition) is 2. The van der Waals surface area contributed by atoms with Gasteiger partial charge in [0.1, 0.15) is 0 Å². The van der Waals surface area contributed by atoms with Crippen molar-refractivity contribution < 1.29 is 4.79 Å². The highest BCUT2D eigenvalue weighted by molar-refractivity contribution is 5.81. The minimum absolute atomic E-state index is 0.00638. The van der Waals surface area contributed by atoms with Gasteiger partial charge in [0.05, 0.1) is 6.04 Å². The van der Waals surface area contributed by atoms with Gasteiger partial charge in [-0.1, -0.05) is 34.1 Å². The molecule has 0 heterocycles. The lowest BCUT2D eigenvalue weighted by atomic mass is 9.99. The highest BCUT2D eigenvalue weighted by Gasteiger charge is 2.18. The molecule has 1 amide bonds. The molecule has 2 atom stereocenters. The van der Waals surface area contributed by atoms with E-state index in [1.54, 1.807) is 0 Å². The number of nitrogens with two attached hydrogens (primary N) is 1. The normalized spacial score (nSPS) is 15.1. The van der Waals surface area contributed by atoms with Crippen LogP contribution >= 0.6 is 0 Å². The van der Waals surface area contributed by atoms with E-state index in [4.69, 9.17) is 5.73 Å². The van der Waals surface area contributed by atoms with Crippen molar-refractivity contribution in [2.24, 2.45) is 17.6 Å². The van der Waals surface area contributed by atoms with Crippen molar-refractivity contribution in [3.63, 3.8) is 0 Å². The second-order valence-corrected chi connectivity index (χ2v) is 4.74. The number of carbonyl (C=O) groups is 1.